The fourth-order valence-corrected chi connectivity index (χ4v) is 6.02. The first-order chi connectivity index (χ1) is 18.9. The van der Waals surface area contributed by atoms with E-state index in [0.29, 0.717) is 24.6 Å². The molecule has 4 fully saturated rings. The van der Waals surface area contributed by atoms with Crippen molar-refractivity contribution in [2.24, 2.45) is 11.3 Å². The molecule has 0 spiro atoms. The van der Waals surface area contributed by atoms with Gasteiger partial charge in [-0.25, -0.2) is 4.98 Å². The number of aromatic nitrogens is 3. The Morgan fingerprint density at radius 1 is 1.28 bits per heavy atom. The quantitative estimate of drug-likeness (QED) is 0.457. The highest BCUT2D eigenvalue weighted by atomic mass is 16.5. The summed E-state index contributed by atoms with van der Waals surface area (Å²) < 4.78 is 23.8. The molecule has 2 amide bonds. The zero-order chi connectivity index (χ0) is 27.3. The average molecular weight is 542 g/mol. The molecule has 2 saturated carbocycles. The largest absolute Gasteiger partial charge is 0.488 e. The summed E-state index contributed by atoms with van der Waals surface area (Å²) >= 11 is 0. The second kappa shape index (κ2) is 11.9. The van der Waals surface area contributed by atoms with Crippen molar-refractivity contribution in [2.45, 2.75) is 63.7 Å². The van der Waals surface area contributed by atoms with E-state index in [1.807, 2.05) is 11.0 Å². The number of fused-ring (bicyclic) bond motifs is 2. The first-order valence-electron chi connectivity index (χ1n) is 13.8. The van der Waals surface area contributed by atoms with Gasteiger partial charge in [0.05, 0.1) is 44.4 Å². The Kier molecular flexibility index (Phi) is 8.37. The van der Waals surface area contributed by atoms with Crippen LogP contribution in [0.15, 0.2) is 30.7 Å². The van der Waals surface area contributed by atoms with E-state index >= 15 is 0 Å². The number of carbonyl (C=O) groups excluding carboxylic acids is 2. The summed E-state index contributed by atoms with van der Waals surface area (Å²) in [6.07, 6.45) is 12.9. The molecule has 2 aliphatic heterocycles. The molecule has 0 radical (unpaired) electrons. The second-order valence-electron chi connectivity index (χ2n) is 11.5. The minimum absolute atomic E-state index is 0.0539. The summed E-state index contributed by atoms with van der Waals surface area (Å²) in [6, 6.07) is 3.60. The molecule has 2 bridgehead atoms. The third kappa shape index (κ3) is 6.88. The van der Waals surface area contributed by atoms with Gasteiger partial charge in [0.2, 0.25) is 18.2 Å². The third-order valence-electron chi connectivity index (χ3n) is 8.16. The van der Waals surface area contributed by atoms with E-state index in [1.165, 1.54) is 38.3 Å². The predicted octanol–water partition coefficient (Wildman–Crippen LogP) is 2.91. The first-order valence-corrected chi connectivity index (χ1v) is 13.8. The molecule has 2 aromatic rings. The smallest absolute Gasteiger partial charge is 0.244 e. The van der Waals surface area contributed by atoms with Crippen LogP contribution in [0.1, 0.15) is 45.4 Å². The maximum absolute atomic E-state index is 12.4. The van der Waals surface area contributed by atoms with E-state index in [-0.39, 0.29) is 29.6 Å². The van der Waals surface area contributed by atoms with Gasteiger partial charge in [-0.05, 0) is 44.1 Å². The molecular formula is C28H39N5O6. The molecule has 4 heterocycles. The highest BCUT2D eigenvalue weighted by molar-refractivity contribution is 5.77. The van der Waals surface area contributed by atoms with Crippen LogP contribution in [0, 0.1) is 11.3 Å². The predicted molar refractivity (Wildman–Crippen MR) is 142 cm³/mol. The van der Waals surface area contributed by atoms with Gasteiger partial charge in [-0.15, -0.1) is 0 Å². The van der Waals surface area contributed by atoms with Crippen molar-refractivity contribution in [1.29, 1.82) is 0 Å². The molecule has 39 heavy (non-hydrogen) atoms. The van der Waals surface area contributed by atoms with E-state index in [0.717, 1.165) is 44.4 Å². The number of hydrogen-bond donors (Lipinski definition) is 1. The molecular weight excluding hydrogens is 502 g/mol. The van der Waals surface area contributed by atoms with Gasteiger partial charge in [0.1, 0.15) is 18.4 Å². The minimum atomic E-state index is 0.0539. The maximum atomic E-state index is 12.4. The van der Waals surface area contributed by atoms with Gasteiger partial charge in [0.25, 0.3) is 0 Å². The number of likely N-dealkylation sites (tertiary alicyclic amines) is 1. The Labute approximate surface area is 229 Å². The van der Waals surface area contributed by atoms with Crippen LogP contribution in [0.2, 0.25) is 0 Å². The maximum Gasteiger partial charge on any atom is 0.244 e. The molecule has 1 N–H and O–H groups in total. The molecule has 2 aliphatic carbocycles. The molecule has 2 saturated heterocycles. The Morgan fingerprint density at radius 2 is 2.10 bits per heavy atom. The zero-order valence-electron chi connectivity index (χ0n) is 22.8. The van der Waals surface area contributed by atoms with E-state index < -0.39 is 0 Å². The van der Waals surface area contributed by atoms with Crippen LogP contribution in [0.5, 0.6) is 11.6 Å². The SMILES string of the molecule is CC1(COC23CCC(CC2)C3)CN(C(=O)Cn2cc(NC=O)cn2)C1.COc1cc(OC2CCOC2)ccn1. The molecule has 1 unspecified atom stereocenters. The van der Waals surface area contributed by atoms with Crippen LogP contribution >= 0.6 is 0 Å². The van der Waals surface area contributed by atoms with Gasteiger partial charge >= 0.3 is 0 Å². The van der Waals surface area contributed by atoms with Crippen molar-refractivity contribution in [3.63, 3.8) is 0 Å². The van der Waals surface area contributed by atoms with Gasteiger partial charge in [-0.2, -0.15) is 5.10 Å². The second-order valence-corrected chi connectivity index (χ2v) is 11.5. The third-order valence-corrected chi connectivity index (χ3v) is 8.16. The standard InChI is InChI=1S/C18H26N4O3.C10H13NO3/c1-17(12-25-18-4-2-14(6-18)3-5-18)10-21(11-17)16(24)9-22-8-15(7-20-22)19-13-23;1-12-10-6-8(2-4-11-10)14-9-3-5-13-7-9/h7-8,13-14H,2-6,9-12H2,1H3,(H,19,23);2,4,6,9H,3,5,7H2,1H3. The molecule has 11 heteroatoms. The number of hydrogen-bond acceptors (Lipinski definition) is 8. The average Bonchev–Trinajstić information content (AvgIpc) is 3.73. The molecule has 0 aromatic carbocycles. The topological polar surface area (TPSA) is 117 Å². The zero-order valence-corrected chi connectivity index (χ0v) is 22.8. The number of ether oxygens (including phenoxy) is 4. The number of rotatable bonds is 10. The molecule has 1 atom stereocenters. The molecule has 2 aromatic heterocycles. The van der Waals surface area contributed by atoms with Crippen molar-refractivity contribution in [1.82, 2.24) is 19.7 Å². The van der Waals surface area contributed by atoms with Crippen LogP contribution in [-0.2, 0) is 25.6 Å². The van der Waals surface area contributed by atoms with Gasteiger partial charge in [0.15, 0.2) is 0 Å². The molecule has 4 aliphatic rings. The van der Waals surface area contributed by atoms with Gasteiger partial charge in [-0.3, -0.25) is 14.3 Å². The summed E-state index contributed by atoms with van der Waals surface area (Å²) in [7, 11) is 1.59. The summed E-state index contributed by atoms with van der Waals surface area (Å²) in [5.74, 6) is 2.30. The van der Waals surface area contributed by atoms with Crippen LogP contribution in [0.4, 0.5) is 5.69 Å². The minimum Gasteiger partial charge on any atom is -0.488 e. The summed E-state index contributed by atoms with van der Waals surface area (Å²) in [5.41, 5.74) is 0.810. The number of methoxy groups -OCH3 is 1. The molecule has 6 rings (SSSR count). The summed E-state index contributed by atoms with van der Waals surface area (Å²) in [5, 5.41) is 6.61. The first kappa shape index (κ1) is 27.4. The summed E-state index contributed by atoms with van der Waals surface area (Å²) in [4.78, 5) is 28.6. The van der Waals surface area contributed by atoms with E-state index in [9.17, 15) is 9.59 Å². The van der Waals surface area contributed by atoms with Crippen LogP contribution in [0.3, 0.4) is 0 Å². The van der Waals surface area contributed by atoms with Crippen LogP contribution in [0.25, 0.3) is 0 Å². The number of pyridine rings is 1. The molecule has 11 nitrogen and oxygen atoms in total. The van der Waals surface area contributed by atoms with Crippen molar-refractivity contribution in [3.05, 3.63) is 30.7 Å². The van der Waals surface area contributed by atoms with Crippen LogP contribution < -0.4 is 14.8 Å². The van der Waals surface area contributed by atoms with E-state index in [2.05, 4.69) is 22.3 Å². The number of nitrogens with zero attached hydrogens (tertiary/aromatic N) is 4. The van der Waals surface area contributed by atoms with Crippen LogP contribution in [-0.4, -0.2) is 83.7 Å². The lowest BCUT2D eigenvalue weighted by molar-refractivity contribution is -0.154. The van der Waals surface area contributed by atoms with Crippen molar-refractivity contribution in [3.8, 4) is 11.6 Å². The van der Waals surface area contributed by atoms with Gasteiger partial charge in [0, 0.05) is 43.4 Å². The number of carbonyl (C=O) groups is 2. The number of amides is 2. The lowest BCUT2D eigenvalue weighted by atomic mass is 9.82. The Morgan fingerprint density at radius 3 is 2.77 bits per heavy atom. The molecule has 212 valence electrons. The fraction of sp³-hybridized carbons (Fsp3) is 0.643. The Balaban J connectivity index is 0.000000186. The van der Waals surface area contributed by atoms with Gasteiger partial charge in [-0.1, -0.05) is 6.92 Å². The lowest BCUT2D eigenvalue weighted by Crippen LogP contribution is -2.60. The number of nitrogens with one attached hydrogen (secondary N) is 1. The normalized spacial score (nSPS) is 26.4. The van der Waals surface area contributed by atoms with Gasteiger partial charge < -0.3 is 29.2 Å². The Hall–Kier alpha value is -3.18. The van der Waals surface area contributed by atoms with Crippen molar-refractivity contribution < 1.29 is 28.5 Å². The van der Waals surface area contributed by atoms with Crippen molar-refractivity contribution in [2.75, 3.05) is 45.3 Å². The van der Waals surface area contributed by atoms with E-state index in [1.54, 1.807) is 30.3 Å². The lowest BCUT2D eigenvalue weighted by Gasteiger charge is -2.49. The van der Waals surface area contributed by atoms with E-state index in [4.69, 9.17) is 18.9 Å². The monoisotopic (exact) mass is 541 g/mol. The fourth-order valence-electron chi connectivity index (χ4n) is 6.02. The highest BCUT2D eigenvalue weighted by Gasteiger charge is 2.48. The Bertz CT molecular complexity index is 1120. The number of anilines is 1. The summed E-state index contributed by atoms with van der Waals surface area (Å²) in [6.45, 7) is 6.09. The highest BCUT2D eigenvalue weighted by Crippen LogP contribution is 2.50. The van der Waals surface area contributed by atoms with Crippen molar-refractivity contribution >= 4 is 18.0 Å².